The molecule has 0 heterocycles. The summed E-state index contributed by atoms with van der Waals surface area (Å²) >= 11 is 0. The number of anilines is 2. The van der Waals surface area contributed by atoms with Gasteiger partial charge in [-0.15, -0.1) is 0 Å². The van der Waals surface area contributed by atoms with E-state index in [0.29, 0.717) is 16.9 Å². The van der Waals surface area contributed by atoms with Crippen LogP contribution in [0, 0.1) is 34.6 Å². The zero-order valence-electron chi connectivity index (χ0n) is 17.8. The van der Waals surface area contributed by atoms with Gasteiger partial charge in [-0.2, -0.15) is 0 Å². The molecule has 1 amide bonds. The summed E-state index contributed by atoms with van der Waals surface area (Å²) in [5.74, 6) is -0.355. The summed E-state index contributed by atoms with van der Waals surface area (Å²) in [6, 6.07) is 15.9. The van der Waals surface area contributed by atoms with E-state index in [4.69, 9.17) is 0 Å². The highest BCUT2D eigenvalue weighted by Gasteiger charge is 2.20. The zero-order chi connectivity index (χ0) is 22.1. The predicted octanol–water partition coefficient (Wildman–Crippen LogP) is 5.28. The van der Waals surface area contributed by atoms with Gasteiger partial charge in [-0.05, 0) is 81.1 Å². The number of amides is 1. The van der Waals surface area contributed by atoms with E-state index in [1.807, 2.05) is 58.0 Å². The molecule has 3 rings (SSSR count). The van der Waals surface area contributed by atoms with Crippen LogP contribution in [-0.2, 0) is 10.0 Å². The van der Waals surface area contributed by atoms with E-state index in [1.54, 1.807) is 25.1 Å². The zero-order valence-corrected chi connectivity index (χ0v) is 18.6. The monoisotopic (exact) mass is 422 g/mol. The van der Waals surface area contributed by atoms with Crippen LogP contribution in [0.15, 0.2) is 59.5 Å². The third-order valence-electron chi connectivity index (χ3n) is 5.22. The number of aryl methyl sites for hydroxylation is 4. The molecule has 3 aromatic rings. The second-order valence-corrected chi connectivity index (χ2v) is 9.26. The SMILES string of the molecule is Cc1ccc(NS(=O)(=O)c2cc(C(=O)Nc3cccc(C)c3C)ccc2C)c(C)c1. The lowest BCUT2D eigenvalue weighted by molar-refractivity contribution is 0.102. The van der Waals surface area contributed by atoms with Crippen molar-refractivity contribution in [1.29, 1.82) is 0 Å². The van der Waals surface area contributed by atoms with Crippen LogP contribution in [0.5, 0.6) is 0 Å². The van der Waals surface area contributed by atoms with Crippen LogP contribution in [0.3, 0.4) is 0 Å². The smallest absolute Gasteiger partial charge is 0.262 e. The standard InChI is InChI=1S/C24H26N2O3S/c1-15-9-12-21(18(4)13-15)26-30(28,29)23-14-20(11-10-17(23)3)24(27)25-22-8-6-7-16(2)19(22)5/h6-14,26H,1-5H3,(H,25,27). The van der Waals surface area contributed by atoms with E-state index < -0.39 is 10.0 Å². The van der Waals surface area contributed by atoms with Crippen molar-refractivity contribution < 1.29 is 13.2 Å². The first-order valence-corrected chi connectivity index (χ1v) is 11.1. The summed E-state index contributed by atoms with van der Waals surface area (Å²) in [6.07, 6.45) is 0. The first-order chi connectivity index (χ1) is 14.1. The second kappa shape index (κ2) is 8.32. The lowest BCUT2D eigenvalue weighted by Gasteiger charge is -2.14. The molecular weight excluding hydrogens is 396 g/mol. The molecule has 0 unspecified atom stereocenters. The molecule has 6 heteroatoms. The first-order valence-electron chi connectivity index (χ1n) is 9.67. The van der Waals surface area contributed by atoms with Gasteiger partial charge >= 0.3 is 0 Å². The van der Waals surface area contributed by atoms with Crippen LogP contribution < -0.4 is 10.0 Å². The second-order valence-electron chi connectivity index (χ2n) is 7.61. The van der Waals surface area contributed by atoms with E-state index >= 15 is 0 Å². The molecule has 0 saturated carbocycles. The highest BCUT2D eigenvalue weighted by Crippen LogP contribution is 2.25. The Hall–Kier alpha value is -3.12. The summed E-state index contributed by atoms with van der Waals surface area (Å²) in [5.41, 5.74) is 6.00. The number of carbonyl (C=O) groups excluding carboxylic acids is 1. The molecule has 30 heavy (non-hydrogen) atoms. The Morgan fingerprint density at radius 3 is 2.20 bits per heavy atom. The third-order valence-corrected chi connectivity index (χ3v) is 6.73. The van der Waals surface area contributed by atoms with Crippen molar-refractivity contribution in [3.63, 3.8) is 0 Å². The molecule has 0 radical (unpaired) electrons. The van der Waals surface area contributed by atoms with Gasteiger partial charge in [0.25, 0.3) is 15.9 Å². The van der Waals surface area contributed by atoms with Crippen LogP contribution >= 0.6 is 0 Å². The molecule has 3 aromatic carbocycles. The molecule has 0 atom stereocenters. The van der Waals surface area contributed by atoms with Crippen LogP contribution in [0.2, 0.25) is 0 Å². The Bertz CT molecular complexity index is 1230. The number of benzene rings is 3. The van der Waals surface area contributed by atoms with Crippen LogP contribution in [0.1, 0.15) is 38.2 Å². The molecule has 0 bridgehead atoms. The highest BCUT2D eigenvalue weighted by atomic mass is 32.2. The average Bonchev–Trinajstić information content (AvgIpc) is 2.68. The number of sulfonamides is 1. The van der Waals surface area contributed by atoms with Gasteiger partial charge < -0.3 is 5.32 Å². The number of rotatable bonds is 5. The topological polar surface area (TPSA) is 75.3 Å². The van der Waals surface area contributed by atoms with Crippen molar-refractivity contribution in [3.8, 4) is 0 Å². The molecule has 0 fully saturated rings. The van der Waals surface area contributed by atoms with Gasteiger partial charge in [-0.3, -0.25) is 9.52 Å². The maximum Gasteiger partial charge on any atom is 0.262 e. The molecule has 0 aliphatic heterocycles. The van der Waals surface area contributed by atoms with Gasteiger partial charge in [0, 0.05) is 11.3 Å². The Morgan fingerprint density at radius 2 is 1.50 bits per heavy atom. The molecule has 156 valence electrons. The molecule has 0 spiro atoms. The summed E-state index contributed by atoms with van der Waals surface area (Å²) in [6.45, 7) is 9.42. The summed E-state index contributed by atoms with van der Waals surface area (Å²) < 4.78 is 28.7. The molecular formula is C24H26N2O3S. The normalized spacial score (nSPS) is 11.2. The maximum absolute atomic E-state index is 13.0. The van der Waals surface area contributed by atoms with E-state index in [-0.39, 0.29) is 16.4 Å². The summed E-state index contributed by atoms with van der Waals surface area (Å²) in [5, 5.41) is 2.88. The Kier molecular flexibility index (Phi) is 5.99. The van der Waals surface area contributed by atoms with Crippen LogP contribution in [-0.4, -0.2) is 14.3 Å². The van der Waals surface area contributed by atoms with Crippen molar-refractivity contribution in [3.05, 3.63) is 88.0 Å². The van der Waals surface area contributed by atoms with Gasteiger partial charge in [0.15, 0.2) is 0 Å². The van der Waals surface area contributed by atoms with E-state index in [9.17, 15) is 13.2 Å². The lowest BCUT2D eigenvalue weighted by atomic mass is 10.1. The van der Waals surface area contributed by atoms with Crippen molar-refractivity contribution in [2.45, 2.75) is 39.5 Å². The molecule has 0 aromatic heterocycles. The van der Waals surface area contributed by atoms with E-state index in [2.05, 4.69) is 10.0 Å². The van der Waals surface area contributed by atoms with Gasteiger partial charge in [0.2, 0.25) is 0 Å². The maximum atomic E-state index is 13.0. The highest BCUT2D eigenvalue weighted by molar-refractivity contribution is 7.92. The van der Waals surface area contributed by atoms with Crippen molar-refractivity contribution in [2.24, 2.45) is 0 Å². The van der Waals surface area contributed by atoms with E-state index in [1.165, 1.54) is 6.07 Å². The minimum atomic E-state index is -3.85. The van der Waals surface area contributed by atoms with Gasteiger partial charge in [0.1, 0.15) is 0 Å². The number of hydrogen-bond acceptors (Lipinski definition) is 3. The lowest BCUT2D eigenvalue weighted by Crippen LogP contribution is -2.18. The van der Waals surface area contributed by atoms with E-state index in [0.717, 1.165) is 22.3 Å². The van der Waals surface area contributed by atoms with Gasteiger partial charge in [-0.25, -0.2) is 8.42 Å². The Balaban J connectivity index is 1.92. The third kappa shape index (κ3) is 4.54. The fraction of sp³-hybridized carbons (Fsp3) is 0.208. The quantitative estimate of drug-likeness (QED) is 0.587. The van der Waals surface area contributed by atoms with Crippen LogP contribution in [0.25, 0.3) is 0 Å². The predicted molar refractivity (Wildman–Crippen MR) is 122 cm³/mol. The fourth-order valence-corrected chi connectivity index (χ4v) is 4.64. The van der Waals surface area contributed by atoms with Gasteiger partial charge in [-0.1, -0.05) is 35.9 Å². The molecule has 0 aliphatic rings. The van der Waals surface area contributed by atoms with Crippen molar-refractivity contribution >= 4 is 27.3 Å². The number of carbonyl (C=O) groups is 1. The number of nitrogens with one attached hydrogen (secondary N) is 2. The molecule has 5 nitrogen and oxygen atoms in total. The molecule has 2 N–H and O–H groups in total. The first kappa shape index (κ1) is 21.6. The Labute approximate surface area is 178 Å². The van der Waals surface area contributed by atoms with Crippen molar-refractivity contribution in [2.75, 3.05) is 10.0 Å². The number of hydrogen-bond donors (Lipinski definition) is 2. The fourth-order valence-electron chi connectivity index (χ4n) is 3.24. The minimum absolute atomic E-state index is 0.0797. The largest absolute Gasteiger partial charge is 0.322 e. The van der Waals surface area contributed by atoms with Gasteiger partial charge in [0.05, 0.1) is 10.6 Å². The van der Waals surface area contributed by atoms with Crippen molar-refractivity contribution in [1.82, 2.24) is 0 Å². The Morgan fingerprint density at radius 1 is 0.767 bits per heavy atom. The average molecular weight is 423 g/mol. The molecule has 0 aliphatic carbocycles. The molecule has 0 saturated heterocycles. The minimum Gasteiger partial charge on any atom is -0.322 e. The summed E-state index contributed by atoms with van der Waals surface area (Å²) in [7, 11) is -3.85. The summed E-state index contributed by atoms with van der Waals surface area (Å²) in [4.78, 5) is 12.9. The van der Waals surface area contributed by atoms with Crippen LogP contribution in [0.4, 0.5) is 11.4 Å².